The molecule has 5 heteroatoms. The Kier molecular flexibility index (Phi) is 3.81. The SMILES string of the molecule is CC(N)c1ccccc1-c1ccc(F)c(C(F)(F)F)c1. The van der Waals surface area contributed by atoms with E-state index < -0.39 is 17.6 Å². The highest BCUT2D eigenvalue weighted by molar-refractivity contribution is 5.68. The number of alkyl halides is 3. The van der Waals surface area contributed by atoms with Gasteiger partial charge in [0.1, 0.15) is 5.82 Å². The van der Waals surface area contributed by atoms with Crippen LogP contribution in [-0.4, -0.2) is 0 Å². The van der Waals surface area contributed by atoms with Crippen LogP contribution in [0.1, 0.15) is 24.1 Å². The average Bonchev–Trinajstić information content (AvgIpc) is 2.38. The minimum Gasteiger partial charge on any atom is -0.324 e. The second-order valence-electron chi connectivity index (χ2n) is 4.57. The summed E-state index contributed by atoms with van der Waals surface area (Å²) in [5.41, 5.74) is 6.13. The van der Waals surface area contributed by atoms with Crippen LogP contribution >= 0.6 is 0 Å². The Labute approximate surface area is 114 Å². The van der Waals surface area contributed by atoms with Crippen molar-refractivity contribution in [2.45, 2.75) is 19.1 Å². The van der Waals surface area contributed by atoms with E-state index in [9.17, 15) is 17.6 Å². The molecule has 0 radical (unpaired) electrons. The van der Waals surface area contributed by atoms with E-state index in [1.165, 1.54) is 6.07 Å². The molecule has 2 rings (SSSR count). The molecule has 0 bridgehead atoms. The molecule has 20 heavy (non-hydrogen) atoms. The second-order valence-corrected chi connectivity index (χ2v) is 4.57. The molecule has 1 atom stereocenters. The highest BCUT2D eigenvalue weighted by Crippen LogP contribution is 2.35. The van der Waals surface area contributed by atoms with Gasteiger partial charge in [-0.1, -0.05) is 30.3 Å². The van der Waals surface area contributed by atoms with Crippen LogP contribution < -0.4 is 5.73 Å². The summed E-state index contributed by atoms with van der Waals surface area (Å²) >= 11 is 0. The molecule has 106 valence electrons. The summed E-state index contributed by atoms with van der Waals surface area (Å²) in [6.07, 6.45) is -4.72. The maximum atomic E-state index is 13.3. The quantitative estimate of drug-likeness (QED) is 0.805. The van der Waals surface area contributed by atoms with Gasteiger partial charge in [0.25, 0.3) is 0 Å². The lowest BCUT2D eigenvalue weighted by Gasteiger charge is -2.15. The summed E-state index contributed by atoms with van der Waals surface area (Å²) < 4.78 is 51.5. The van der Waals surface area contributed by atoms with Crippen molar-refractivity contribution in [1.29, 1.82) is 0 Å². The van der Waals surface area contributed by atoms with E-state index in [0.29, 0.717) is 16.7 Å². The van der Waals surface area contributed by atoms with Crippen molar-refractivity contribution in [3.63, 3.8) is 0 Å². The summed E-state index contributed by atoms with van der Waals surface area (Å²) in [7, 11) is 0. The molecule has 0 aliphatic rings. The Balaban J connectivity index is 2.60. The molecule has 0 spiro atoms. The molecule has 0 aliphatic carbocycles. The van der Waals surface area contributed by atoms with Crippen LogP contribution in [0.25, 0.3) is 11.1 Å². The van der Waals surface area contributed by atoms with Gasteiger partial charge in [-0.05, 0) is 35.7 Å². The van der Waals surface area contributed by atoms with Crippen LogP contribution in [0.3, 0.4) is 0 Å². The van der Waals surface area contributed by atoms with Gasteiger partial charge in [0, 0.05) is 6.04 Å². The van der Waals surface area contributed by atoms with Gasteiger partial charge in [0.05, 0.1) is 5.56 Å². The second kappa shape index (κ2) is 5.25. The Morgan fingerprint density at radius 3 is 2.30 bits per heavy atom. The smallest absolute Gasteiger partial charge is 0.324 e. The van der Waals surface area contributed by atoms with Gasteiger partial charge in [0.15, 0.2) is 0 Å². The van der Waals surface area contributed by atoms with Crippen LogP contribution in [0.4, 0.5) is 17.6 Å². The highest BCUT2D eigenvalue weighted by atomic mass is 19.4. The molecule has 0 aliphatic heterocycles. The van der Waals surface area contributed by atoms with Crippen molar-refractivity contribution in [3.8, 4) is 11.1 Å². The van der Waals surface area contributed by atoms with Crippen LogP contribution in [0.15, 0.2) is 42.5 Å². The van der Waals surface area contributed by atoms with Crippen LogP contribution in [0.2, 0.25) is 0 Å². The minimum atomic E-state index is -4.72. The molecule has 2 aromatic rings. The van der Waals surface area contributed by atoms with E-state index in [0.717, 1.165) is 12.1 Å². The predicted molar refractivity (Wildman–Crippen MR) is 69.4 cm³/mol. The molecular weight excluding hydrogens is 270 g/mol. The zero-order valence-corrected chi connectivity index (χ0v) is 10.7. The Morgan fingerprint density at radius 1 is 1.05 bits per heavy atom. The van der Waals surface area contributed by atoms with Crippen molar-refractivity contribution in [2.24, 2.45) is 5.73 Å². The number of hydrogen-bond acceptors (Lipinski definition) is 1. The van der Waals surface area contributed by atoms with E-state index in [-0.39, 0.29) is 6.04 Å². The summed E-state index contributed by atoms with van der Waals surface area (Å²) in [4.78, 5) is 0. The van der Waals surface area contributed by atoms with E-state index in [1.807, 2.05) is 0 Å². The van der Waals surface area contributed by atoms with Crippen LogP contribution in [0, 0.1) is 5.82 Å². The average molecular weight is 283 g/mol. The molecule has 0 amide bonds. The lowest BCUT2D eigenvalue weighted by molar-refractivity contribution is -0.139. The third kappa shape index (κ3) is 2.82. The minimum absolute atomic E-state index is 0.298. The van der Waals surface area contributed by atoms with E-state index in [1.54, 1.807) is 31.2 Å². The highest BCUT2D eigenvalue weighted by Gasteiger charge is 2.34. The van der Waals surface area contributed by atoms with Gasteiger partial charge in [-0.2, -0.15) is 13.2 Å². The van der Waals surface area contributed by atoms with Gasteiger partial charge in [-0.15, -0.1) is 0 Å². The van der Waals surface area contributed by atoms with Gasteiger partial charge in [-0.25, -0.2) is 4.39 Å². The first-order valence-corrected chi connectivity index (χ1v) is 6.02. The van der Waals surface area contributed by atoms with Crippen molar-refractivity contribution in [1.82, 2.24) is 0 Å². The van der Waals surface area contributed by atoms with E-state index in [4.69, 9.17) is 5.73 Å². The zero-order chi connectivity index (χ0) is 14.9. The number of rotatable bonds is 2. The predicted octanol–water partition coefficient (Wildman–Crippen LogP) is 4.53. The summed E-state index contributed by atoms with van der Waals surface area (Å²) in [5.74, 6) is -1.28. The first-order chi connectivity index (χ1) is 9.30. The fourth-order valence-electron chi connectivity index (χ4n) is 2.07. The van der Waals surface area contributed by atoms with Gasteiger partial charge in [0.2, 0.25) is 0 Å². The van der Waals surface area contributed by atoms with Crippen LogP contribution in [-0.2, 0) is 6.18 Å². The van der Waals surface area contributed by atoms with E-state index >= 15 is 0 Å². The third-order valence-electron chi connectivity index (χ3n) is 3.03. The maximum absolute atomic E-state index is 13.3. The number of hydrogen-bond donors (Lipinski definition) is 1. The Morgan fingerprint density at radius 2 is 1.70 bits per heavy atom. The lowest BCUT2D eigenvalue weighted by atomic mass is 9.94. The normalized spacial score (nSPS) is 13.3. The molecule has 0 saturated heterocycles. The summed E-state index contributed by atoms with van der Waals surface area (Å²) in [6.45, 7) is 1.74. The summed E-state index contributed by atoms with van der Waals surface area (Å²) in [5, 5.41) is 0. The molecule has 0 heterocycles. The fourth-order valence-corrected chi connectivity index (χ4v) is 2.07. The lowest BCUT2D eigenvalue weighted by Crippen LogP contribution is -2.09. The van der Waals surface area contributed by atoms with Gasteiger partial charge < -0.3 is 5.73 Å². The van der Waals surface area contributed by atoms with Crippen molar-refractivity contribution < 1.29 is 17.6 Å². The largest absolute Gasteiger partial charge is 0.419 e. The van der Waals surface area contributed by atoms with Gasteiger partial charge >= 0.3 is 6.18 Å². The third-order valence-corrected chi connectivity index (χ3v) is 3.03. The molecule has 0 fully saturated rings. The van der Waals surface area contributed by atoms with Crippen molar-refractivity contribution in [2.75, 3.05) is 0 Å². The van der Waals surface area contributed by atoms with Crippen LogP contribution in [0.5, 0.6) is 0 Å². The van der Waals surface area contributed by atoms with Crippen molar-refractivity contribution in [3.05, 3.63) is 59.4 Å². The number of benzene rings is 2. The molecule has 1 unspecified atom stereocenters. The number of halogens is 4. The van der Waals surface area contributed by atoms with Gasteiger partial charge in [-0.3, -0.25) is 0 Å². The molecular formula is C15H13F4N. The molecule has 2 N–H and O–H groups in total. The maximum Gasteiger partial charge on any atom is 0.419 e. The molecule has 2 aromatic carbocycles. The Hall–Kier alpha value is -1.88. The molecule has 1 nitrogen and oxygen atoms in total. The Bertz CT molecular complexity index is 618. The zero-order valence-electron chi connectivity index (χ0n) is 10.7. The molecule has 0 aromatic heterocycles. The van der Waals surface area contributed by atoms with Crippen molar-refractivity contribution >= 4 is 0 Å². The first-order valence-electron chi connectivity index (χ1n) is 6.02. The summed E-state index contributed by atoms with van der Waals surface area (Å²) in [6, 6.07) is 9.53. The van der Waals surface area contributed by atoms with E-state index in [2.05, 4.69) is 0 Å². The fraction of sp³-hybridized carbons (Fsp3) is 0.200. The first kappa shape index (κ1) is 14.5. The standard InChI is InChI=1S/C15H13F4N/c1-9(20)11-4-2-3-5-12(11)10-6-7-14(16)13(8-10)15(17,18)19/h2-9H,20H2,1H3. The molecule has 0 saturated carbocycles. The number of nitrogens with two attached hydrogens (primary N) is 1. The topological polar surface area (TPSA) is 26.0 Å². The monoisotopic (exact) mass is 283 g/mol.